The van der Waals surface area contributed by atoms with Crippen molar-refractivity contribution in [2.24, 2.45) is 0 Å². The zero-order chi connectivity index (χ0) is 15.6. The van der Waals surface area contributed by atoms with Crippen LogP contribution in [-0.4, -0.2) is 30.6 Å². The first-order valence-corrected chi connectivity index (χ1v) is 8.98. The van der Waals surface area contributed by atoms with Crippen LogP contribution in [0, 0.1) is 0 Å². The van der Waals surface area contributed by atoms with Gasteiger partial charge in [0.05, 0.1) is 13.2 Å². The standard InChI is InChI=1S/C18H20N2O2S/c21-18(19-11-16-2-1-9-23-16)20-7-5-15(12-20)13-3-4-17-14(10-13)6-8-22-17/h1-4,9-10,15H,5-8,11-12H2,(H,19,21)/t15-/m0/s1. The largest absolute Gasteiger partial charge is 0.493 e. The Balaban J connectivity index is 1.36. The molecule has 0 aliphatic carbocycles. The summed E-state index contributed by atoms with van der Waals surface area (Å²) in [4.78, 5) is 15.4. The fourth-order valence-corrected chi connectivity index (χ4v) is 4.01. The third-order valence-electron chi connectivity index (χ3n) is 4.65. The third-order valence-corrected chi connectivity index (χ3v) is 5.53. The van der Waals surface area contributed by atoms with Crippen molar-refractivity contribution in [2.45, 2.75) is 25.3 Å². The van der Waals surface area contributed by atoms with Crippen LogP contribution in [0.1, 0.15) is 28.3 Å². The number of urea groups is 1. The minimum Gasteiger partial charge on any atom is -0.493 e. The van der Waals surface area contributed by atoms with Gasteiger partial charge in [-0.15, -0.1) is 11.3 Å². The topological polar surface area (TPSA) is 41.6 Å². The lowest BCUT2D eigenvalue weighted by molar-refractivity contribution is 0.208. The molecule has 4 rings (SSSR count). The van der Waals surface area contributed by atoms with E-state index in [-0.39, 0.29) is 6.03 Å². The number of thiophene rings is 1. The van der Waals surface area contributed by atoms with E-state index in [0.29, 0.717) is 12.5 Å². The molecule has 1 saturated heterocycles. The Morgan fingerprint density at radius 3 is 3.22 bits per heavy atom. The van der Waals surface area contributed by atoms with E-state index in [1.165, 1.54) is 16.0 Å². The van der Waals surface area contributed by atoms with Crippen molar-refractivity contribution in [3.63, 3.8) is 0 Å². The van der Waals surface area contributed by atoms with Crippen molar-refractivity contribution in [1.29, 1.82) is 0 Å². The predicted molar refractivity (Wildman–Crippen MR) is 91.1 cm³/mol. The Morgan fingerprint density at radius 2 is 2.35 bits per heavy atom. The van der Waals surface area contributed by atoms with Gasteiger partial charge in [-0.05, 0) is 35.1 Å². The number of ether oxygens (including phenoxy) is 1. The molecule has 3 heterocycles. The average molecular weight is 328 g/mol. The van der Waals surface area contributed by atoms with Gasteiger partial charge in [-0.3, -0.25) is 0 Å². The van der Waals surface area contributed by atoms with Gasteiger partial charge in [0.25, 0.3) is 0 Å². The van der Waals surface area contributed by atoms with E-state index < -0.39 is 0 Å². The van der Waals surface area contributed by atoms with E-state index >= 15 is 0 Å². The third kappa shape index (κ3) is 3.06. The molecule has 2 aliphatic rings. The monoisotopic (exact) mass is 328 g/mol. The molecule has 0 unspecified atom stereocenters. The first kappa shape index (κ1) is 14.6. The van der Waals surface area contributed by atoms with Crippen LogP contribution >= 0.6 is 11.3 Å². The van der Waals surface area contributed by atoms with Gasteiger partial charge >= 0.3 is 6.03 Å². The predicted octanol–water partition coefficient (Wildman–Crippen LogP) is 3.38. The van der Waals surface area contributed by atoms with E-state index in [1.54, 1.807) is 11.3 Å². The highest BCUT2D eigenvalue weighted by Crippen LogP contribution is 2.32. The fourth-order valence-electron chi connectivity index (χ4n) is 3.36. The number of likely N-dealkylation sites (tertiary alicyclic amines) is 1. The number of carbonyl (C=O) groups excluding carboxylic acids is 1. The van der Waals surface area contributed by atoms with Crippen molar-refractivity contribution in [1.82, 2.24) is 10.2 Å². The lowest BCUT2D eigenvalue weighted by Crippen LogP contribution is -2.37. The number of benzene rings is 1. The molecule has 1 N–H and O–H groups in total. The molecule has 5 heteroatoms. The molecular formula is C18H20N2O2S. The molecule has 1 atom stereocenters. The maximum absolute atomic E-state index is 12.3. The molecular weight excluding hydrogens is 308 g/mol. The van der Waals surface area contributed by atoms with E-state index in [0.717, 1.165) is 38.3 Å². The summed E-state index contributed by atoms with van der Waals surface area (Å²) in [6.07, 6.45) is 2.03. The van der Waals surface area contributed by atoms with E-state index in [1.807, 2.05) is 22.4 Å². The molecule has 1 aromatic heterocycles. The minimum absolute atomic E-state index is 0.0467. The quantitative estimate of drug-likeness (QED) is 0.938. The molecule has 0 bridgehead atoms. The Labute approximate surface area is 140 Å². The second-order valence-electron chi connectivity index (χ2n) is 6.14. The van der Waals surface area contributed by atoms with Gasteiger partial charge in [-0.25, -0.2) is 4.79 Å². The summed E-state index contributed by atoms with van der Waals surface area (Å²) in [6, 6.07) is 10.6. The number of fused-ring (bicyclic) bond motifs is 1. The van der Waals surface area contributed by atoms with Gasteiger partial charge in [0.2, 0.25) is 0 Å². The maximum Gasteiger partial charge on any atom is 0.317 e. The summed E-state index contributed by atoms with van der Waals surface area (Å²) in [6.45, 7) is 3.04. The Bertz CT molecular complexity index is 699. The molecule has 1 aromatic carbocycles. The minimum atomic E-state index is 0.0467. The van der Waals surface area contributed by atoms with Crippen molar-refractivity contribution in [2.75, 3.05) is 19.7 Å². The number of hydrogen-bond acceptors (Lipinski definition) is 3. The molecule has 0 saturated carbocycles. The van der Waals surface area contributed by atoms with Crippen LogP contribution in [0.4, 0.5) is 4.79 Å². The summed E-state index contributed by atoms with van der Waals surface area (Å²) < 4.78 is 5.57. The van der Waals surface area contributed by atoms with Crippen molar-refractivity contribution >= 4 is 17.4 Å². The lowest BCUT2D eigenvalue weighted by Gasteiger charge is -2.17. The molecule has 2 aromatic rings. The molecule has 23 heavy (non-hydrogen) atoms. The first-order valence-electron chi connectivity index (χ1n) is 8.10. The second kappa shape index (κ2) is 6.24. The van der Waals surface area contributed by atoms with Gasteiger partial charge in [-0.1, -0.05) is 18.2 Å². The SMILES string of the molecule is O=C(NCc1cccs1)N1CC[C@H](c2ccc3c(c2)CCO3)C1. The van der Waals surface area contributed by atoms with Crippen molar-refractivity contribution < 1.29 is 9.53 Å². The fraction of sp³-hybridized carbons (Fsp3) is 0.389. The zero-order valence-electron chi connectivity index (χ0n) is 13.0. The number of amides is 2. The van der Waals surface area contributed by atoms with Crippen LogP contribution < -0.4 is 10.1 Å². The van der Waals surface area contributed by atoms with Gasteiger partial charge in [0, 0.05) is 30.3 Å². The maximum atomic E-state index is 12.3. The molecule has 1 fully saturated rings. The molecule has 2 aliphatic heterocycles. The van der Waals surface area contributed by atoms with Gasteiger partial charge in [-0.2, -0.15) is 0 Å². The summed E-state index contributed by atoms with van der Waals surface area (Å²) in [5.74, 6) is 1.46. The summed E-state index contributed by atoms with van der Waals surface area (Å²) in [5.41, 5.74) is 2.64. The van der Waals surface area contributed by atoms with E-state index in [9.17, 15) is 4.79 Å². The van der Waals surface area contributed by atoms with Gasteiger partial charge in [0.15, 0.2) is 0 Å². The number of hydrogen-bond donors (Lipinski definition) is 1. The highest BCUT2D eigenvalue weighted by atomic mass is 32.1. The molecule has 0 radical (unpaired) electrons. The van der Waals surface area contributed by atoms with Crippen LogP contribution in [0.25, 0.3) is 0 Å². The van der Waals surface area contributed by atoms with Crippen LogP contribution in [0.15, 0.2) is 35.7 Å². The van der Waals surface area contributed by atoms with E-state index in [4.69, 9.17) is 4.74 Å². The van der Waals surface area contributed by atoms with Crippen LogP contribution in [0.5, 0.6) is 5.75 Å². The summed E-state index contributed by atoms with van der Waals surface area (Å²) >= 11 is 1.67. The van der Waals surface area contributed by atoms with Crippen molar-refractivity contribution in [3.05, 3.63) is 51.7 Å². The molecule has 4 nitrogen and oxygen atoms in total. The Kier molecular flexibility index (Phi) is 3.95. The van der Waals surface area contributed by atoms with Crippen LogP contribution in [0.3, 0.4) is 0 Å². The Hall–Kier alpha value is -2.01. The molecule has 2 amide bonds. The number of carbonyl (C=O) groups is 1. The van der Waals surface area contributed by atoms with Crippen LogP contribution in [-0.2, 0) is 13.0 Å². The molecule has 0 spiro atoms. The van der Waals surface area contributed by atoms with Gasteiger partial charge < -0.3 is 15.0 Å². The summed E-state index contributed by atoms with van der Waals surface area (Å²) in [5, 5.41) is 5.05. The second-order valence-corrected chi connectivity index (χ2v) is 7.17. The summed E-state index contributed by atoms with van der Waals surface area (Å²) in [7, 11) is 0. The first-order chi connectivity index (χ1) is 11.3. The number of rotatable bonds is 3. The lowest BCUT2D eigenvalue weighted by atomic mass is 9.96. The van der Waals surface area contributed by atoms with Crippen LogP contribution in [0.2, 0.25) is 0 Å². The Morgan fingerprint density at radius 1 is 1.39 bits per heavy atom. The highest BCUT2D eigenvalue weighted by molar-refractivity contribution is 7.09. The average Bonchev–Trinajstić information content (AvgIpc) is 3.32. The number of nitrogens with zero attached hydrogens (tertiary/aromatic N) is 1. The number of nitrogens with one attached hydrogen (secondary N) is 1. The highest BCUT2D eigenvalue weighted by Gasteiger charge is 2.28. The normalized spacial score (nSPS) is 19.5. The zero-order valence-corrected chi connectivity index (χ0v) is 13.8. The smallest absolute Gasteiger partial charge is 0.317 e. The molecule has 120 valence electrons. The van der Waals surface area contributed by atoms with Gasteiger partial charge in [0.1, 0.15) is 5.75 Å². The van der Waals surface area contributed by atoms with E-state index in [2.05, 4.69) is 23.5 Å². The van der Waals surface area contributed by atoms with Crippen molar-refractivity contribution in [3.8, 4) is 5.75 Å².